The van der Waals surface area contributed by atoms with E-state index in [1.54, 1.807) is 6.08 Å². The number of carbonyl (C=O) groups excluding carboxylic acids is 1. The summed E-state index contributed by atoms with van der Waals surface area (Å²) in [4.78, 5) is 9.96. The Kier molecular flexibility index (Phi) is 7.25. The second kappa shape index (κ2) is 7.98. The first kappa shape index (κ1) is 13.6. The van der Waals surface area contributed by atoms with Crippen LogP contribution < -0.4 is 0 Å². The van der Waals surface area contributed by atoms with Crippen molar-refractivity contribution in [2.75, 3.05) is 0 Å². The summed E-state index contributed by atoms with van der Waals surface area (Å²) >= 11 is 0. The molecule has 0 bridgehead atoms. The zero-order chi connectivity index (χ0) is 11.7. The number of allylic oxidation sites excluding steroid dienone is 1. The van der Waals surface area contributed by atoms with E-state index in [-0.39, 0.29) is 0 Å². The molecule has 1 aromatic carbocycles. The molecule has 1 aromatic rings. The quantitative estimate of drug-likeness (QED) is 0.528. The maximum Gasteiger partial charge on any atom is 0.142 e. The van der Waals surface area contributed by atoms with Crippen LogP contribution in [-0.4, -0.2) is 6.29 Å². The number of rotatable bonds is 2. The second-order valence-electron chi connectivity index (χ2n) is 4.14. The lowest BCUT2D eigenvalue weighted by molar-refractivity contribution is -0.104. The molecule has 0 aliphatic rings. The van der Waals surface area contributed by atoms with E-state index in [0.29, 0.717) is 0 Å². The number of hydrogen-bond acceptors (Lipinski definition) is 1. The highest BCUT2D eigenvalue weighted by molar-refractivity contribution is 5.73. The van der Waals surface area contributed by atoms with Crippen LogP contribution in [0.15, 0.2) is 30.3 Å². The van der Waals surface area contributed by atoms with Gasteiger partial charge in [0.1, 0.15) is 6.29 Å². The fraction of sp³-hybridized carbons (Fsp3) is 0.357. The summed E-state index contributed by atoms with van der Waals surface area (Å²) in [5.74, 6) is 0.833. The minimum atomic E-state index is 0.778. The summed E-state index contributed by atoms with van der Waals surface area (Å²) in [5.41, 5.74) is 2.29. The van der Waals surface area contributed by atoms with Crippen molar-refractivity contribution >= 4 is 12.4 Å². The van der Waals surface area contributed by atoms with Gasteiger partial charge in [-0.25, -0.2) is 0 Å². The average Bonchev–Trinajstić information content (AvgIpc) is 2.16. The van der Waals surface area contributed by atoms with Crippen LogP contribution in [0.5, 0.6) is 0 Å². The minimum absolute atomic E-state index is 0.778. The Hall–Kier alpha value is -1.37. The van der Waals surface area contributed by atoms with Gasteiger partial charge in [-0.1, -0.05) is 56.7 Å². The van der Waals surface area contributed by atoms with E-state index in [1.165, 1.54) is 11.6 Å². The molecule has 1 heteroatoms. The summed E-state index contributed by atoms with van der Waals surface area (Å²) in [6, 6.07) is 8.00. The van der Waals surface area contributed by atoms with Gasteiger partial charge in [0.15, 0.2) is 0 Å². The summed E-state index contributed by atoms with van der Waals surface area (Å²) in [6.45, 7) is 8.53. The Morgan fingerprint density at radius 1 is 1.07 bits per heavy atom. The van der Waals surface area contributed by atoms with Crippen LogP contribution in [0.4, 0.5) is 0 Å². The molecule has 82 valence electrons. The van der Waals surface area contributed by atoms with Crippen molar-refractivity contribution in [1.29, 1.82) is 0 Å². The van der Waals surface area contributed by atoms with Crippen molar-refractivity contribution in [3.8, 4) is 0 Å². The van der Waals surface area contributed by atoms with Crippen LogP contribution in [0.3, 0.4) is 0 Å². The minimum Gasteiger partial charge on any atom is -0.299 e. The van der Waals surface area contributed by atoms with Crippen molar-refractivity contribution in [3.05, 3.63) is 41.5 Å². The molecule has 1 nitrogen and oxygen atoms in total. The number of carbonyl (C=O) groups is 1. The molecule has 0 unspecified atom stereocenters. The van der Waals surface area contributed by atoms with Crippen molar-refractivity contribution < 1.29 is 4.79 Å². The lowest BCUT2D eigenvalue weighted by atomic mass is 10.1. The van der Waals surface area contributed by atoms with Crippen LogP contribution in [-0.2, 0) is 4.79 Å². The van der Waals surface area contributed by atoms with E-state index >= 15 is 0 Å². The fourth-order valence-electron chi connectivity index (χ4n) is 0.828. The Morgan fingerprint density at radius 2 is 1.53 bits per heavy atom. The predicted molar refractivity (Wildman–Crippen MR) is 66.8 cm³/mol. The van der Waals surface area contributed by atoms with Crippen molar-refractivity contribution in [2.45, 2.75) is 27.7 Å². The maximum atomic E-state index is 9.96. The third kappa shape index (κ3) is 8.95. The zero-order valence-corrected chi connectivity index (χ0v) is 10.0. The average molecular weight is 204 g/mol. The standard InChI is InChI=1S/C10H10O.C4H10/c1-9-4-6-10(7-5-9)3-2-8-11;1-4(2)3/h2-8H,1H3;4H,1-3H3/b3-2+;. The van der Waals surface area contributed by atoms with Crippen molar-refractivity contribution in [2.24, 2.45) is 5.92 Å². The third-order valence-electron chi connectivity index (χ3n) is 1.44. The molecule has 1 rings (SSSR count). The summed E-state index contributed by atoms with van der Waals surface area (Å²) in [6.07, 6.45) is 4.05. The third-order valence-corrected chi connectivity index (χ3v) is 1.44. The normalized spacial score (nSPS) is 9.93. The smallest absolute Gasteiger partial charge is 0.142 e. The van der Waals surface area contributed by atoms with Crippen LogP contribution in [0.25, 0.3) is 6.08 Å². The predicted octanol–water partition coefficient (Wildman–Crippen LogP) is 3.87. The Labute approximate surface area is 92.8 Å². The zero-order valence-electron chi connectivity index (χ0n) is 10.0. The highest BCUT2D eigenvalue weighted by Gasteiger charge is 1.84. The number of aryl methyl sites for hydroxylation is 1. The maximum absolute atomic E-state index is 9.96. The van der Waals surface area contributed by atoms with Gasteiger partial charge in [0, 0.05) is 0 Å². The van der Waals surface area contributed by atoms with Gasteiger partial charge >= 0.3 is 0 Å². The Balaban J connectivity index is 0.000000423. The molecule has 0 saturated heterocycles. The highest BCUT2D eigenvalue weighted by atomic mass is 16.1. The first-order chi connectivity index (χ1) is 7.06. The van der Waals surface area contributed by atoms with Crippen LogP contribution in [0, 0.1) is 12.8 Å². The van der Waals surface area contributed by atoms with Gasteiger partial charge in [-0.3, -0.25) is 4.79 Å². The lowest BCUT2D eigenvalue weighted by Gasteiger charge is -1.92. The molecule has 0 atom stereocenters. The van der Waals surface area contributed by atoms with Gasteiger partial charge in [-0.2, -0.15) is 0 Å². The molecule has 15 heavy (non-hydrogen) atoms. The van der Waals surface area contributed by atoms with E-state index in [0.717, 1.165) is 17.8 Å². The van der Waals surface area contributed by atoms with Gasteiger partial charge in [0.05, 0.1) is 0 Å². The summed E-state index contributed by atoms with van der Waals surface area (Å²) < 4.78 is 0. The van der Waals surface area contributed by atoms with Crippen LogP contribution >= 0.6 is 0 Å². The molecule has 0 aliphatic heterocycles. The van der Waals surface area contributed by atoms with E-state index in [9.17, 15) is 4.79 Å². The molecule has 0 heterocycles. The van der Waals surface area contributed by atoms with Gasteiger partial charge in [0.25, 0.3) is 0 Å². The lowest BCUT2D eigenvalue weighted by Crippen LogP contribution is -1.73. The van der Waals surface area contributed by atoms with Gasteiger partial charge in [-0.15, -0.1) is 0 Å². The van der Waals surface area contributed by atoms with Crippen LogP contribution in [0.1, 0.15) is 31.9 Å². The van der Waals surface area contributed by atoms with Gasteiger partial charge < -0.3 is 0 Å². The molecule has 0 fully saturated rings. The number of aldehydes is 1. The van der Waals surface area contributed by atoms with Gasteiger partial charge in [0.2, 0.25) is 0 Å². The molecular weight excluding hydrogens is 184 g/mol. The number of hydrogen-bond donors (Lipinski definition) is 0. The molecule has 0 aliphatic carbocycles. The van der Waals surface area contributed by atoms with E-state index in [2.05, 4.69) is 20.8 Å². The molecule has 0 aromatic heterocycles. The summed E-state index contributed by atoms with van der Waals surface area (Å²) in [7, 11) is 0. The fourth-order valence-corrected chi connectivity index (χ4v) is 0.828. The SMILES string of the molecule is CC(C)C.Cc1ccc(/C=C/C=O)cc1. The monoisotopic (exact) mass is 204 g/mol. The summed E-state index contributed by atoms with van der Waals surface area (Å²) in [5, 5.41) is 0. The first-order valence-corrected chi connectivity index (χ1v) is 5.24. The highest BCUT2D eigenvalue weighted by Crippen LogP contribution is 2.03. The largest absolute Gasteiger partial charge is 0.299 e. The van der Waals surface area contributed by atoms with Crippen molar-refractivity contribution in [3.63, 3.8) is 0 Å². The van der Waals surface area contributed by atoms with Crippen LogP contribution in [0.2, 0.25) is 0 Å². The van der Waals surface area contributed by atoms with Gasteiger partial charge in [-0.05, 0) is 24.5 Å². The van der Waals surface area contributed by atoms with E-state index in [4.69, 9.17) is 0 Å². The molecule has 0 saturated carbocycles. The molecule has 0 radical (unpaired) electrons. The molecular formula is C14H20O. The first-order valence-electron chi connectivity index (χ1n) is 5.24. The molecule has 0 spiro atoms. The van der Waals surface area contributed by atoms with E-state index in [1.807, 2.05) is 31.2 Å². The second-order valence-corrected chi connectivity index (χ2v) is 4.14. The molecule has 0 amide bonds. The van der Waals surface area contributed by atoms with E-state index < -0.39 is 0 Å². The molecule has 0 N–H and O–H groups in total. The van der Waals surface area contributed by atoms with Crippen molar-refractivity contribution in [1.82, 2.24) is 0 Å². The number of benzene rings is 1. The Bertz CT molecular complexity index is 291. The Morgan fingerprint density at radius 3 is 1.93 bits per heavy atom. The topological polar surface area (TPSA) is 17.1 Å².